The van der Waals surface area contributed by atoms with Crippen LogP contribution in [0.5, 0.6) is 0 Å². The van der Waals surface area contributed by atoms with E-state index in [0.717, 1.165) is 21.9 Å². The number of aryl methyl sites for hydroxylation is 1. The van der Waals surface area contributed by atoms with E-state index in [-0.39, 0.29) is 79.3 Å². The lowest BCUT2D eigenvalue weighted by atomic mass is 10.0. The van der Waals surface area contributed by atoms with E-state index in [2.05, 4.69) is 47.9 Å². The number of pyridine rings is 1. The smallest absolute Gasteiger partial charge is 0.379 e. The number of imide groups is 2. The van der Waals surface area contributed by atoms with Crippen molar-refractivity contribution in [1.82, 2.24) is 35.2 Å². The number of piperidine rings is 1. The molecule has 18 nitrogen and oxygen atoms in total. The second-order valence-electron chi connectivity index (χ2n) is 17.1. The van der Waals surface area contributed by atoms with Crippen LogP contribution < -0.4 is 16.0 Å². The van der Waals surface area contributed by atoms with E-state index < -0.39 is 53.2 Å². The van der Waals surface area contributed by atoms with Gasteiger partial charge in [-0.3, -0.25) is 53.9 Å². The number of aromatic nitrogens is 3. The zero-order chi connectivity index (χ0) is 50.1. The first-order valence-electron chi connectivity index (χ1n) is 23.0. The third-order valence-corrected chi connectivity index (χ3v) is 12.2. The van der Waals surface area contributed by atoms with Gasteiger partial charge in [0.25, 0.3) is 17.7 Å². The minimum Gasteiger partial charge on any atom is -0.379 e. The Balaban J connectivity index is 0.694. The molecule has 71 heavy (non-hydrogen) atoms. The lowest BCUT2D eigenvalue weighted by molar-refractivity contribution is -0.138. The number of amides is 6. The van der Waals surface area contributed by atoms with Crippen LogP contribution in [0.4, 0.5) is 24.5 Å². The Bertz CT molecular complexity index is 2910. The molecule has 6 amide bonds. The first-order chi connectivity index (χ1) is 34.2. The summed E-state index contributed by atoms with van der Waals surface area (Å²) in [5.41, 5.74) is 2.48. The maximum absolute atomic E-state index is 14.4. The molecule has 8 rings (SSSR count). The van der Waals surface area contributed by atoms with E-state index in [1.807, 2.05) is 17.9 Å². The highest BCUT2D eigenvalue weighted by Gasteiger charge is 2.46. The van der Waals surface area contributed by atoms with Gasteiger partial charge < -0.3 is 24.8 Å². The van der Waals surface area contributed by atoms with E-state index in [1.165, 1.54) is 30.3 Å². The number of aromatic amines is 1. The minimum atomic E-state index is -4.64. The molecule has 0 bridgehead atoms. The molecular formula is C50H50F3N9O9. The SMILES string of the molecule is Cc1ccc(C(=O)Nc2ccc(CN3CCN(CCOCCOCCOCCC(=O)Nc4cccc5c4C(=O)N(C4CCC(=O)NC4=O)C5=O)CC3)c(C(F)(F)F)c2)cc1C#Cc1cnc2[nH]ncc2c1. The molecule has 0 aliphatic carbocycles. The van der Waals surface area contributed by atoms with Gasteiger partial charge in [-0.1, -0.05) is 30.0 Å². The predicted molar refractivity (Wildman–Crippen MR) is 251 cm³/mol. The minimum absolute atomic E-state index is 0.00779. The van der Waals surface area contributed by atoms with Crippen molar-refractivity contribution in [3.63, 3.8) is 0 Å². The van der Waals surface area contributed by atoms with Gasteiger partial charge in [-0.15, -0.1) is 0 Å². The van der Waals surface area contributed by atoms with Crippen LogP contribution in [0.2, 0.25) is 0 Å². The standard InChI is InChI=1S/C50H50F3N9O9/c1-31-5-7-34(26-33(31)8-6-32-25-36-29-55-59-45(36)54-28-32)46(65)56-37-10-9-35(39(27-37)50(51,52)53)30-61-16-14-60(15-17-61)18-20-70-22-24-71-23-21-69-19-13-43(64)57-40-4-2-3-38-44(40)49(68)62(48(38)67)41-11-12-42(63)58-47(41)66/h2-5,7,9-10,25-29,41H,11-24,30H2,1H3,(H,56,65)(H,57,64)(H,54,55,59)(H,58,63,66). The van der Waals surface area contributed by atoms with Crippen LogP contribution in [0.25, 0.3) is 11.0 Å². The number of ether oxygens (including phenoxy) is 3. The fraction of sp³-hybridized carbons (Fsp3) is 0.360. The third kappa shape index (κ3) is 12.5. The van der Waals surface area contributed by atoms with Crippen molar-refractivity contribution in [2.75, 3.05) is 83.0 Å². The molecule has 1 atom stereocenters. The Morgan fingerprint density at radius 1 is 0.831 bits per heavy atom. The molecule has 5 heterocycles. The van der Waals surface area contributed by atoms with Gasteiger partial charge in [0.1, 0.15) is 6.04 Å². The average Bonchev–Trinajstić information content (AvgIpc) is 3.92. The largest absolute Gasteiger partial charge is 0.416 e. The average molecular weight is 978 g/mol. The first kappa shape index (κ1) is 50.1. The van der Waals surface area contributed by atoms with Crippen LogP contribution >= 0.6 is 0 Å². The predicted octanol–water partition coefficient (Wildman–Crippen LogP) is 4.53. The highest BCUT2D eigenvalue weighted by molar-refractivity contribution is 6.26. The Morgan fingerprint density at radius 3 is 2.34 bits per heavy atom. The van der Waals surface area contributed by atoms with Gasteiger partial charge in [-0.2, -0.15) is 18.3 Å². The van der Waals surface area contributed by atoms with E-state index in [9.17, 15) is 41.9 Å². The number of fused-ring (bicyclic) bond motifs is 2. The maximum Gasteiger partial charge on any atom is 0.416 e. The zero-order valence-electron chi connectivity index (χ0n) is 38.7. The van der Waals surface area contributed by atoms with E-state index >= 15 is 0 Å². The Morgan fingerprint density at radius 2 is 1.58 bits per heavy atom. The molecule has 2 aromatic heterocycles. The number of carbonyl (C=O) groups is 6. The topological polar surface area (TPSA) is 217 Å². The van der Waals surface area contributed by atoms with Crippen LogP contribution in [0.3, 0.4) is 0 Å². The molecule has 370 valence electrons. The number of benzene rings is 3. The van der Waals surface area contributed by atoms with E-state index in [1.54, 1.807) is 30.6 Å². The highest BCUT2D eigenvalue weighted by atomic mass is 19.4. The van der Waals surface area contributed by atoms with Crippen LogP contribution in [0, 0.1) is 18.8 Å². The van der Waals surface area contributed by atoms with Gasteiger partial charge in [-0.25, -0.2) is 4.98 Å². The molecule has 3 aliphatic rings. The number of hydrogen-bond donors (Lipinski definition) is 4. The summed E-state index contributed by atoms with van der Waals surface area (Å²) in [6, 6.07) is 14.0. The van der Waals surface area contributed by atoms with Gasteiger partial charge in [0.2, 0.25) is 17.7 Å². The number of carbonyl (C=O) groups excluding carboxylic acids is 6. The molecule has 21 heteroatoms. The lowest BCUT2D eigenvalue weighted by Crippen LogP contribution is -2.54. The molecule has 1 unspecified atom stereocenters. The lowest BCUT2D eigenvalue weighted by Gasteiger charge is -2.35. The van der Waals surface area contributed by atoms with Crippen LogP contribution in [-0.2, 0) is 41.3 Å². The maximum atomic E-state index is 14.4. The first-order valence-corrected chi connectivity index (χ1v) is 23.0. The summed E-state index contributed by atoms with van der Waals surface area (Å²) in [6.45, 7) is 6.66. The number of hydrogen-bond acceptors (Lipinski definition) is 13. The summed E-state index contributed by atoms with van der Waals surface area (Å²) in [4.78, 5) is 85.5. The quantitative estimate of drug-likeness (QED) is 0.0540. The van der Waals surface area contributed by atoms with Crippen LogP contribution in [0.1, 0.15) is 78.2 Å². The number of nitrogens with zero attached hydrogens (tertiary/aromatic N) is 5. The van der Waals surface area contributed by atoms with Crippen molar-refractivity contribution in [2.45, 2.75) is 44.9 Å². The molecule has 5 aromatic rings. The second kappa shape index (κ2) is 22.6. The van der Waals surface area contributed by atoms with Gasteiger partial charge >= 0.3 is 6.18 Å². The van der Waals surface area contributed by atoms with Crippen LogP contribution in [0.15, 0.2) is 73.1 Å². The Kier molecular flexibility index (Phi) is 15.9. The third-order valence-electron chi connectivity index (χ3n) is 12.2. The molecule has 4 N–H and O–H groups in total. The zero-order valence-corrected chi connectivity index (χ0v) is 38.7. The summed E-state index contributed by atoms with van der Waals surface area (Å²) in [6.07, 6.45) is -1.41. The second-order valence-corrected chi connectivity index (χ2v) is 17.1. The van der Waals surface area contributed by atoms with Crippen molar-refractivity contribution in [3.05, 3.63) is 118 Å². The van der Waals surface area contributed by atoms with Crippen molar-refractivity contribution >= 4 is 57.9 Å². The molecule has 3 aliphatic heterocycles. The number of piperazine rings is 1. The van der Waals surface area contributed by atoms with Crippen molar-refractivity contribution in [3.8, 4) is 11.8 Å². The summed E-state index contributed by atoms with van der Waals surface area (Å²) in [7, 11) is 0. The molecule has 0 saturated carbocycles. The normalized spacial score (nSPS) is 16.5. The molecule has 0 radical (unpaired) electrons. The monoisotopic (exact) mass is 977 g/mol. The fourth-order valence-electron chi connectivity index (χ4n) is 8.35. The Labute approximate surface area is 405 Å². The van der Waals surface area contributed by atoms with Crippen LogP contribution in [-0.4, -0.2) is 144 Å². The molecule has 2 saturated heterocycles. The number of rotatable bonds is 18. The summed E-state index contributed by atoms with van der Waals surface area (Å²) in [5, 5.41) is 15.0. The summed E-state index contributed by atoms with van der Waals surface area (Å²) in [5.74, 6) is 2.51. The number of anilines is 2. The molecule has 3 aromatic carbocycles. The number of alkyl halides is 3. The summed E-state index contributed by atoms with van der Waals surface area (Å²) < 4.78 is 59.9. The fourth-order valence-corrected chi connectivity index (χ4v) is 8.35. The van der Waals surface area contributed by atoms with Gasteiger partial charge in [0.05, 0.1) is 74.6 Å². The Hall–Kier alpha value is -7.35. The molecule has 2 fully saturated rings. The van der Waals surface area contributed by atoms with Gasteiger partial charge in [-0.05, 0) is 66.9 Å². The molecular weight excluding hydrogens is 928 g/mol. The van der Waals surface area contributed by atoms with Gasteiger partial charge in [0, 0.05) is 79.7 Å². The van der Waals surface area contributed by atoms with Crippen molar-refractivity contribution < 1.29 is 56.1 Å². The van der Waals surface area contributed by atoms with Crippen molar-refractivity contribution in [1.29, 1.82) is 0 Å². The van der Waals surface area contributed by atoms with Crippen molar-refractivity contribution in [2.24, 2.45) is 0 Å². The van der Waals surface area contributed by atoms with Gasteiger partial charge in [0.15, 0.2) is 5.65 Å². The summed E-state index contributed by atoms with van der Waals surface area (Å²) >= 11 is 0. The number of H-pyrrole nitrogens is 1. The highest BCUT2D eigenvalue weighted by Crippen LogP contribution is 2.35. The van der Waals surface area contributed by atoms with E-state index in [4.69, 9.17) is 14.2 Å². The van der Waals surface area contributed by atoms with E-state index in [0.29, 0.717) is 69.3 Å². The number of nitrogens with one attached hydrogen (secondary N) is 4. The number of halogens is 3. The molecule has 0 spiro atoms.